The molecule has 0 saturated heterocycles. The highest BCUT2D eigenvalue weighted by atomic mass is 16.7. The Morgan fingerprint density at radius 3 is 2.78 bits per heavy atom. The Bertz CT molecular complexity index is 485. The third-order valence-electron chi connectivity index (χ3n) is 2.65. The molecule has 0 aromatic heterocycles. The van der Waals surface area contributed by atoms with Gasteiger partial charge >= 0.3 is 5.97 Å². The molecule has 0 unspecified atom stereocenters. The Morgan fingerprint density at radius 2 is 2.11 bits per heavy atom. The molecule has 6 heteroatoms. The monoisotopic (exact) mass is 251 g/mol. The number of benzene rings is 1. The SMILES string of the molecule is CC[C@@H](NC(=O)c1ccc2c(c1)OCO2)C(=O)O. The van der Waals surface area contributed by atoms with E-state index in [1.807, 2.05) is 0 Å². The minimum Gasteiger partial charge on any atom is -0.480 e. The molecule has 0 bridgehead atoms. The van der Waals surface area contributed by atoms with Gasteiger partial charge in [-0.05, 0) is 24.6 Å². The fraction of sp³-hybridized carbons (Fsp3) is 0.333. The van der Waals surface area contributed by atoms with Gasteiger partial charge in [0.05, 0.1) is 0 Å². The minimum atomic E-state index is -1.05. The predicted octanol–water partition coefficient (Wildman–Crippen LogP) is 1.01. The Balaban J connectivity index is 2.12. The highest BCUT2D eigenvalue weighted by Gasteiger charge is 2.20. The van der Waals surface area contributed by atoms with E-state index in [4.69, 9.17) is 14.6 Å². The first-order valence-electron chi connectivity index (χ1n) is 5.55. The summed E-state index contributed by atoms with van der Waals surface area (Å²) in [7, 11) is 0. The van der Waals surface area contributed by atoms with Gasteiger partial charge in [-0.1, -0.05) is 6.92 Å². The Kier molecular flexibility index (Phi) is 3.36. The molecule has 96 valence electrons. The number of hydrogen-bond acceptors (Lipinski definition) is 4. The number of carboxylic acid groups (broad SMARTS) is 1. The molecule has 18 heavy (non-hydrogen) atoms. The van der Waals surface area contributed by atoms with E-state index in [9.17, 15) is 9.59 Å². The molecule has 1 aromatic carbocycles. The van der Waals surface area contributed by atoms with Crippen LogP contribution in [0.25, 0.3) is 0 Å². The van der Waals surface area contributed by atoms with Crippen molar-refractivity contribution in [3.63, 3.8) is 0 Å². The van der Waals surface area contributed by atoms with Crippen LogP contribution in [0, 0.1) is 0 Å². The summed E-state index contributed by atoms with van der Waals surface area (Å²) in [6, 6.07) is 3.84. The van der Waals surface area contributed by atoms with Crippen molar-refractivity contribution in [2.45, 2.75) is 19.4 Å². The van der Waals surface area contributed by atoms with Gasteiger partial charge in [0.25, 0.3) is 5.91 Å². The van der Waals surface area contributed by atoms with E-state index in [2.05, 4.69) is 5.32 Å². The summed E-state index contributed by atoms with van der Waals surface area (Å²) in [5.74, 6) is -0.419. The van der Waals surface area contributed by atoms with Crippen molar-refractivity contribution in [1.82, 2.24) is 5.32 Å². The van der Waals surface area contributed by atoms with Gasteiger partial charge in [-0.2, -0.15) is 0 Å². The molecule has 2 rings (SSSR count). The van der Waals surface area contributed by atoms with E-state index >= 15 is 0 Å². The lowest BCUT2D eigenvalue weighted by Gasteiger charge is -2.12. The highest BCUT2D eigenvalue weighted by Crippen LogP contribution is 2.32. The Morgan fingerprint density at radius 1 is 1.39 bits per heavy atom. The summed E-state index contributed by atoms with van der Waals surface area (Å²) < 4.78 is 10.3. The lowest BCUT2D eigenvalue weighted by Crippen LogP contribution is -2.40. The number of aliphatic carboxylic acids is 1. The van der Waals surface area contributed by atoms with Gasteiger partial charge in [-0.15, -0.1) is 0 Å². The summed E-state index contributed by atoms with van der Waals surface area (Å²) in [4.78, 5) is 22.7. The molecule has 1 aliphatic rings. The quantitative estimate of drug-likeness (QED) is 0.834. The van der Waals surface area contributed by atoms with Gasteiger partial charge in [0.1, 0.15) is 6.04 Å². The lowest BCUT2D eigenvalue weighted by atomic mass is 10.1. The highest BCUT2D eigenvalue weighted by molar-refractivity contribution is 5.97. The molecule has 0 saturated carbocycles. The van der Waals surface area contributed by atoms with Gasteiger partial charge in [-0.25, -0.2) is 4.79 Å². The second-order valence-electron chi connectivity index (χ2n) is 3.84. The van der Waals surface area contributed by atoms with Crippen LogP contribution < -0.4 is 14.8 Å². The van der Waals surface area contributed by atoms with Crippen LogP contribution >= 0.6 is 0 Å². The third kappa shape index (κ3) is 2.37. The van der Waals surface area contributed by atoms with Gasteiger partial charge in [0.15, 0.2) is 11.5 Å². The molecule has 0 fully saturated rings. The summed E-state index contributed by atoms with van der Waals surface area (Å²) in [6.07, 6.45) is 0.325. The number of fused-ring (bicyclic) bond motifs is 1. The first kappa shape index (κ1) is 12.2. The molecule has 6 nitrogen and oxygen atoms in total. The number of carboxylic acids is 1. The van der Waals surface area contributed by atoms with Gasteiger partial charge < -0.3 is 19.9 Å². The zero-order chi connectivity index (χ0) is 13.1. The maximum atomic E-state index is 11.8. The number of carbonyl (C=O) groups is 2. The minimum absolute atomic E-state index is 0.132. The third-order valence-corrected chi connectivity index (χ3v) is 2.65. The fourth-order valence-corrected chi connectivity index (χ4v) is 1.62. The van der Waals surface area contributed by atoms with Gasteiger partial charge in [-0.3, -0.25) is 4.79 Å². The van der Waals surface area contributed by atoms with E-state index in [0.717, 1.165) is 0 Å². The predicted molar refractivity (Wildman–Crippen MR) is 61.7 cm³/mol. The number of nitrogens with one attached hydrogen (secondary N) is 1. The topological polar surface area (TPSA) is 84.9 Å². The summed E-state index contributed by atoms with van der Waals surface area (Å²) in [5, 5.41) is 11.3. The van der Waals surface area contributed by atoms with Crippen LogP contribution in [0.1, 0.15) is 23.7 Å². The van der Waals surface area contributed by atoms with Crippen LogP contribution in [-0.4, -0.2) is 29.8 Å². The smallest absolute Gasteiger partial charge is 0.326 e. The molecule has 0 radical (unpaired) electrons. The normalized spacial score (nSPS) is 14.1. The van der Waals surface area contributed by atoms with Crippen LogP contribution in [0.2, 0.25) is 0 Å². The van der Waals surface area contributed by atoms with Crippen molar-refractivity contribution in [3.8, 4) is 11.5 Å². The average molecular weight is 251 g/mol. The molecular formula is C12H13NO5. The fourth-order valence-electron chi connectivity index (χ4n) is 1.62. The molecule has 1 atom stereocenters. The van der Waals surface area contributed by atoms with Crippen LogP contribution in [0.4, 0.5) is 0 Å². The Hall–Kier alpha value is -2.24. The molecule has 2 N–H and O–H groups in total. The maximum absolute atomic E-state index is 11.8. The number of carbonyl (C=O) groups excluding carboxylic acids is 1. The van der Waals surface area contributed by atoms with E-state index in [-0.39, 0.29) is 6.79 Å². The van der Waals surface area contributed by atoms with E-state index in [1.54, 1.807) is 19.1 Å². The molecule has 1 aromatic rings. The molecule has 1 amide bonds. The summed E-state index contributed by atoms with van der Waals surface area (Å²) in [5.41, 5.74) is 0.346. The standard InChI is InChI=1S/C12H13NO5/c1-2-8(12(15)16)13-11(14)7-3-4-9-10(5-7)18-6-17-9/h3-5,8H,2,6H2,1H3,(H,13,14)(H,15,16)/t8-/m1/s1. The van der Waals surface area contributed by atoms with Crippen molar-refractivity contribution in [1.29, 1.82) is 0 Å². The number of hydrogen-bond donors (Lipinski definition) is 2. The molecule has 0 spiro atoms. The lowest BCUT2D eigenvalue weighted by molar-refractivity contribution is -0.139. The summed E-state index contributed by atoms with van der Waals surface area (Å²) >= 11 is 0. The first-order chi connectivity index (χ1) is 8.61. The molecule has 1 aliphatic heterocycles. The van der Waals surface area contributed by atoms with Crippen LogP contribution in [0.15, 0.2) is 18.2 Å². The molecule has 0 aliphatic carbocycles. The van der Waals surface area contributed by atoms with Gasteiger partial charge in [0, 0.05) is 5.56 Å². The first-order valence-corrected chi connectivity index (χ1v) is 5.55. The maximum Gasteiger partial charge on any atom is 0.326 e. The largest absolute Gasteiger partial charge is 0.480 e. The Labute approximate surface area is 104 Å². The molecule has 1 heterocycles. The molecular weight excluding hydrogens is 238 g/mol. The van der Waals surface area contributed by atoms with Crippen LogP contribution in [0.3, 0.4) is 0 Å². The van der Waals surface area contributed by atoms with Crippen LogP contribution in [0.5, 0.6) is 11.5 Å². The van der Waals surface area contributed by atoms with Crippen LogP contribution in [-0.2, 0) is 4.79 Å². The van der Waals surface area contributed by atoms with Crippen molar-refractivity contribution < 1.29 is 24.2 Å². The van der Waals surface area contributed by atoms with E-state index in [0.29, 0.717) is 23.5 Å². The van der Waals surface area contributed by atoms with E-state index in [1.165, 1.54) is 6.07 Å². The second-order valence-corrected chi connectivity index (χ2v) is 3.84. The van der Waals surface area contributed by atoms with E-state index < -0.39 is 17.9 Å². The zero-order valence-electron chi connectivity index (χ0n) is 9.80. The number of ether oxygens (including phenoxy) is 2. The number of rotatable bonds is 4. The zero-order valence-corrected chi connectivity index (χ0v) is 9.80. The number of amides is 1. The van der Waals surface area contributed by atoms with Crippen molar-refractivity contribution >= 4 is 11.9 Å². The van der Waals surface area contributed by atoms with Crippen molar-refractivity contribution in [2.24, 2.45) is 0 Å². The van der Waals surface area contributed by atoms with Crippen molar-refractivity contribution in [2.75, 3.05) is 6.79 Å². The summed E-state index contributed by atoms with van der Waals surface area (Å²) in [6.45, 7) is 1.83. The van der Waals surface area contributed by atoms with Gasteiger partial charge in [0.2, 0.25) is 6.79 Å². The average Bonchev–Trinajstić information content (AvgIpc) is 2.82. The van der Waals surface area contributed by atoms with Crippen molar-refractivity contribution in [3.05, 3.63) is 23.8 Å². The second kappa shape index (κ2) is 4.95.